The maximum atomic E-state index is 14.0. The van der Waals surface area contributed by atoms with E-state index in [0.717, 1.165) is 6.42 Å². The summed E-state index contributed by atoms with van der Waals surface area (Å²) in [4.78, 5) is 26.9. The molecule has 0 aliphatic carbocycles. The highest BCUT2D eigenvalue weighted by Crippen LogP contribution is 2.40. The third-order valence-corrected chi connectivity index (χ3v) is 6.18. The predicted molar refractivity (Wildman–Crippen MR) is 125 cm³/mol. The van der Waals surface area contributed by atoms with Gasteiger partial charge in [-0.1, -0.05) is 13.8 Å². The highest BCUT2D eigenvalue weighted by atomic mass is 19.4. The molecule has 10 heteroatoms. The number of benzene rings is 2. The van der Waals surface area contributed by atoms with Crippen LogP contribution in [0.25, 0.3) is 11.0 Å². The fourth-order valence-corrected chi connectivity index (χ4v) is 4.76. The maximum Gasteiger partial charge on any atom is 0.453 e. The van der Waals surface area contributed by atoms with Crippen molar-refractivity contribution in [2.24, 2.45) is 11.8 Å². The van der Waals surface area contributed by atoms with E-state index < -0.39 is 29.1 Å². The Bertz CT molecular complexity index is 1320. The van der Waals surface area contributed by atoms with Crippen LogP contribution in [-0.4, -0.2) is 36.2 Å². The lowest BCUT2D eigenvalue weighted by Crippen LogP contribution is -2.38. The summed E-state index contributed by atoms with van der Waals surface area (Å²) in [5.74, 6) is -2.86. The van der Waals surface area contributed by atoms with Crippen LogP contribution >= 0.6 is 0 Å². The normalized spacial score (nSPS) is 18.8. The zero-order valence-corrected chi connectivity index (χ0v) is 20.0. The largest absolute Gasteiger partial charge is 0.507 e. The Hall–Kier alpha value is -3.53. The Balaban J connectivity index is 1.80. The smallest absolute Gasteiger partial charge is 0.453 e. The lowest BCUT2D eigenvalue weighted by molar-refractivity contribution is -0.154. The van der Waals surface area contributed by atoms with E-state index in [-0.39, 0.29) is 40.1 Å². The number of fused-ring (bicyclic) bond motifs is 1. The van der Waals surface area contributed by atoms with Crippen LogP contribution in [0.2, 0.25) is 0 Å². The van der Waals surface area contributed by atoms with Crippen molar-refractivity contribution in [3.63, 3.8) is 0 Å². The molecule has 0 amide bonds. The van der Waals surface area contributed by atoms with Gasteiger partial charge in [0.05, 0.1) is 23.6 Å². The van der Waals surface area contributed by atoms with Crippen LogP contribution in [0, 0.1) is 11.8 Å². The van der Waals surface area contributed by atoms with Crippen LogP contribution < -0.4 is 10.2 Å². The summed E-state index contributed by atoms with van der Waals surface area (Å²) in [5.41, 5.74) is -1.08. The molecular formula is C26H26F3NO6. The third kappa shape index (κ3) is 5.18. The number of phenols is 1. The third-order valence-electron chi connectivity index (χ3n) is 6.18. The van der Waals surface area contributed by atoms with E-state index in [0.29, 0.717) is 24.9 Å². The number of aromatic hydroxyl groups is 1. The molecule has 7 nitrogen and oxygen atoms in total. The Morgan fingerprint density at radius 3 is 2.33 bits per heavy atom. The fraction of sp³-hybridized carbons (Fsp3) is 0.385. The molecule has 1 aliphatic heterocycles. The average molecular weight is 505 g/mol. The summed E-state index contributed by atoms with van der Waals surface area (Å²) in [7, 11) is 1.20. The number of ether oxygens (including phenoxy) is 2. The van der Waals surface area contributed by atoms with Crippen LogP contribution in [0.1, 0.15) is 41.9 Å². The summed E-state index contributed by atoms with van der Waals surface area (Å²) >= 11 is 0. The fourth-order valence-electron chi connectivity index (χ4n) is 4.76. The van der Waals surface area contributed by atoms with E-state index in [1.807, 2.05) is 4.90 Å². The second-order valence-corrected chi connectivity index (χ2v) is 9.29. The first-order chi connectivity index (χ1) is 17.0. The number of carbonyl (C=O) groups excluding carboxylic acids is 1. The van der Waals surface area contributed by atoms with Gasteiger partial charge in [-0.05, 0) is 54.7 Å². The summed E-state index contributed by atoms with van der Waals surface area (Å²) in [5, 5.41) is 10.4. The molecule has 2 atom stereocenters. The molecule has 192 valence electrons. The number of hydrogen-bond donors (Lipinski definition) is 1. The van der Waals surface area contributed by atoms with Gasteiger partial charge in [0.15, 0.2) is 0 Å². The minimum absolute atomic E-state index is 0.102. The first-order valence-electron chi connectivity index (χ1n) is 11.4. The van der Waals surface area contributed by atoms with E-state index >= 15 is 0 Å². The molecule has 3 aromatic rings. The number of nitrogens with zero attached hydrogens (tertiary/aromatic N) is 1. The van der Waals surface area contributed by atoms with Crippen molar-refractivity contribution in [2.45, 2.75) is 33.0 Å². The molecule has 0 radical (unpaired) electrons. The number of likely N-dealkylation sites (tertiary alicyclic amines) is 1. The van der Waals surface area contributed by atoms with Gasteiger partial charge < -0.3 is 19.0 Å². The molecule has 36 heavy (non-hydrogen) atoms. The van der Waals surface area contributed by atoms with Gasteiger partial charge in [0.1, 0.15) is 17.1 Å². The number of esters is 1. The first kappa shape index (κ1) is 25.6. The molecule has 1 N–H and O–H groups in total. The lowest BCUT2D eigenvalue weighted by Gasteiger charge is -2.35. The van der Waals surface area contributed by atoms with Gasteiger partial charge in [-0.15, -0.1) is 0 Å². The first-order valence-corrected chi connectivity index (χ1v) is 11.4. The predicted octanol–water partition coefficient (Wildman–Crippen LogP) is 5.57. The topological polar surface area (TPSA) is 89.2 Å². The van der Waals surface area contributed by atoms with Crippen molar-refractivity contribution >= 4 is 16.9 Å². The van der Waals surface area contributed by atoms with Gasteiger partial charge in [-0.25, -0.2) is 4.79 Å². The van der Waals surface area contributed by atoms with Crippen molar-refractivity contribution in [1.82, 2.24) is 4.90 Å². The van der Waals surface area contributed by atoms with Crippen molar-refractivity contribution in [3.8, 4) is 17.2 Å². The van der Waals surface area contributed by atoms with Gasteiger partial charge in [-0.3, -0.25) is 9.69 Å². The van der Waals surface area contributed by atoms with E-state index in [1.165, 1.54) is 43.5 Å². The van der Waals surface area contributed by atoms with Crippen LogP contribution in [-0.2, 0) is 17.5 Å². The quantitative estimate of drug-likeness (QED) is 0.453. The molecule has 1 aliphatic rings. The SMILES string of the molecule is COC(=O)c1ccc(Oc2c(C(F)(F)F)oc3c(CN4CC(C)CC(C)C4)c(O)ccc3c2=O)cc1. The van der Waals surface area contributed by atoms with Crippen molar-refractivity contribution < 1.29 is 37.0 Å². The molecule has 0 bridgehead atoms. The zero-order chi connectivity index (χ0) is 26.2. The number of alkyl halides is 3. The molecule has 1 fully saturated rings. The van der Waals surface area contributed by atoms with Gasteiger partial charge in [0.25, 0.3) is 5.76 Å². The molecule has 1 saturated heterocycles. The summed E-state index contributed by atoms with van der Waals surface area (Å²) in [6.07, 6.45) is -4.02. The number of phenolic OH excluding ortho intramolecular Hbond substituents is 1. The van der Waals surface area contributed by atoms with Gasteiger partial charge in [0, 0.05) is 19.6 Å². The number of piperidine rings is 1. The number of halogens is 3. The van der Waals surface area contributed by atoms with Crippen molar-refractivity contribution in [1.29, 1.82) is 0 Å². The number of methoxy groups -OCH3 is 1. The van der Waals surface area contributed by atoms with Gasteiger partial charge in [0.2, 0.25) is 11.2 Å². The summed E-state index contributed by atoms with van der Waals surface area (Å²) in [6.45, 7) is 5.73. The molecule has 2 aromatic carbocycles. The molecular weight excluding hydrogens is 479 g/mol. The van der Waals surface area contributed by atoms with Gasteiger partial charge in [-0.2, -0.15) is 13.2 Å². The molecule has 0 spiro atoms. The van der Waals surface area contributed by atoms with E-state index in [9.17, 15) is 27.9 Å². The summed E-state index contributed by atoms with van der Waals surface area (Å²) < 4.78 is 57.3. The van der Waals surface area contributed by atoms with Crippen LogP contribution in [0.4, 0.5) is 13.2 Å². The Kier molecular flexibility index (Phi) is 6.99. The molecule has 4 rings (SSSR count). The molecule has 2 unspecified atom stereocenters. The average Bonchev–Trinajstić information content (AvgIpc) is 2.81. The minimum atomic E-state index is -5.05. The maximum absolute atomic E-state index is 14.0. The molecule has 2 heterocycles. The monoisotopic (exact) mass is 505 g/mol. The summed E-state index contributed by atoms with van der Waals surface area (Å²) in [6, 6.07) is 7.58. The van der Waals surface area contributed by atoms with Crippen molar-refractivity contribution in [2.75, 3.05) is 20.2 Å². The van der Waals surface area contributed by atoms with E-state index in [2.05, 4.69) is 18.6 Å². The minimum Gasteiger partial charge on any atom is -0.507 e. The van der Waals surface area contributed by atoms with E-state index in [1.54, 1.807) is 0 Å². The molecule has 1 aromatic heterocycles. The molecule has 0 saturated carbocycles. The van der Waals surface area contributed by atoms with Crippen LogP contribution in [0.5, 0.6) is 17.2 Å². The zero-order valence-electron chi connectivity index (χ0n) is 20.0. The standard InChI is InChI=1S/C26H26F3NO6/c1-14-10-15(2)12-30(11-14)13-19-20(31)9-8-18-21(32)23(24(26(27,28)29)36-22(18)19)35-17-6-4-16(5-7-17)25(33)34-3/h4-9,14-15,31H,10-13H2,1-3H3. The second-order valence-electron chi connectivity index (χ2n) is 9.29. The second kappa shape index (κ2) is 9.85. The Morgan fingerprint density at radius 1 is 1.11 bits per heavy atom. The Morgan fingerprint density at radius 2 is 1.75 bits per heavy atom. The highest BCUT2D eigenvalue weighted by Gasteiger charge is 2.41. The van der Waals surface area contributed by atoms with E-state index in [4.69, 9.17) is 9.15 Å². The van der Waals surface area contributed by atoms with Crippen LogP contribution in [0.15, 0.2) is 45.6 Å². The Labute approximate surface area is 205 Å². The number of carbonyl (C=O) groups is 1. The number of hydrogen-bond acceptors (Lipinski definition) is 7. The van der Waals surface area contributed by atoms with Crippen molar-refractivity contribution in [3.05, 3.63) is 63.5 Å². The highest BCUT2D eigenvalue weighted by molar-refractivity contribution is 5.89. The van der Waals surface area contributed by atoms with Crippen LogP contribution in [0.3, 0.4) is 0 Å². The lowest BCUT2D eigenvalue weighted by atomic mass is 9.91. The number of rotatable bonds is 5. The van der Waals surface area contributed by atoms with Gasteiger partial charge >= 0.3 is 12.1 Å².